The van der Waals surface area contributed by atoms with E-state index in [2.05, 4.69) is 36.6 Å². The normalized spacial score (nSPS) is 21.0. The van der Waals surface area contributed by atoms with Crippen LogP contribution in [-0.4, -0.2) is 5.11 Å². The van der Waals surface area contributed by atoms with E-state index in [0.29, 0.717) is 0 Å². The van der Waals surface area contributed by atoms with Gasteiger partial charge in [0.2, 0.25) is 0 Å². The van der Waals surface area contributed by atoms with Crippen molar-refractivity contribution in [1.29, 1.82) is 0 Å². The summed E-state index contributed by atoms with van der Waals surface area (Å²) in [5, 5.41) is 14.2. The molecule has 1 heterocycles. The van der Waals surface area contributed by atoms with Crippen LogP contribution in [0.2, 0.25) is 0 Å². The molecule has 96 valence electrons. The molecule has 0 amide bonds. The fourth-order valence-electron chi connectivity index (χ4n) is 3.24. The van der Waals surface area contributed by atoms with Crippen LogP contribution < -0.4 is 0 Å². The Morgan fingerprint density at radius 3 is 2.72 bits per heavy atom. The molecule has 1 aromatic heterocycles. The highest BCUT2D eigenvalue weighted by molar-refractivity contribution is 7.17. The van der Waals surface area contributed by atoms with E-state index in [1.807, 2.05) is 0 Å². The van der Waals surface area contributed by atoms with Crippen LogP contribution in [0.1, 0.15) is 50.7 Å². The topological polar surface area (TPSA) is 20.2 Å². The Hall–Kier alpha value is -0.860. The van der Waals surface area contributed by atoms with E-state index < -0.39 is 0 Å². The summed E-state index contributed by atoms with van der Waals surface area (Å²) in [5.74, 6) is 0. The quantitative estimate of drug-likeness (QED) is 0.813. The molecule has 18 heavy (non-hydrogen) atoms. The highest BCUT2D eigenvalue weighted by Gasteiger charge is 2.35. The van der Waals surface area contributed by atoms with Crippen molar-refractivity contribution < 1.29 is 5.11 Å². The fourth-order valence-corrected chi connectivity index (χ4v) is 4.18. The average molecular weight is 260 g/mol. The van der Waals surface area contributed by atoms with Crippen LogP contribution in [0, 0.1) is 5.41 Å². The summed E-state index contributed by atoms with van der Waals surface area (Å²) in [6.07, 6.45) is 5.82. The average Bonchev–Trinajstić information content (AvgIpc) is 2.87. The first-order valence-electron chi connectivity index (χ1n) is 6.85. The largest absolute Gasteiger partial charge is 0.388 e. The third kappa shape index (κ3) is 1.98. The molecular weight excluding hydrogens is 240 g/mol. The molecule has 1 nitrogen and oxygen atoms in total. The standard InChI is InChI=1S/C16H20OS/c1-16(9-3-2-4-10-16)15(17)13-7-5-6-12-8-11-18-14(12)13/h5-8,11,15,17H,2-4,9-10H2,1H3. The van der Waals surface area contributed by atoms with E-state index in [1.165, 1.54) is 29.3 Å². The number of benzene rings is 1. The monoisotopic (exact) mass is 260 g/mol. The Bertz CT molecular complexity index is 537. The molecule has 1 unspecified atom stereocenters. The predicted octanol–water partition coefficient (Wildman–Crippen LogP) is 4.91. The lowest BCUT2D eigenvalue weighted by molar-refractivity contribution is 0.00930. The molecule has 1 aliphatic carbocycles. The van der Waals surface area contributed by atoms with Crippen LogP contribution >= 0.6 is 11.3 Å². The number of fused-ring (bicyclic) bond motifs is 1. The van der Waals surface area contributed by atoms with Gasteiger partial charge in [-0.15, -0.1) is 11.3 Å². The second-order valence-corrected chi connectivity index (χ2v) is 6.72. The van der Waals surface area contributed by atoms with Gasteiger partial charge in [0.1, 0.15) is 0 Å². The van der Waals surface area contributed by atoms with Crippen LogP contribution in [-0.2, 0) is 0 Å². The molecule has 0 saturated heterocycles. The molecule has 1 fully saturated rings. The van der Waals surface area contributed by atoms with E-state index in [9.17, 15) is 5.11 Å². The Balaban J connectivity index is 2.00. The minimum atomic E-state index is -0.319. The molecule has 1 N–H and O–H groups in total. The minimum absolute atomic E-state index is 0.0660. The molecule has 1 aliphatic rings. The molecule has 1 aromatic carbocycles. The summed E-state index contributed by atoms with van der Waals surface area (Å²) in [6, 6.07) is 8.44. The lowest BCUT2D eigenvalue weighted by atomic mass is 9.70. The summed E-state index contributed by atoms with van der Waals surface area (Å²) in [5.41, 5.74) is 1.20. The van der Waals surface area contributed by atoms with Crippen LogP contribution in [0.4, 0.5) is 0 Å². The van der Waals surface area contributed by atoms with Gasteiger partial charge in [-0.1, -0.05) is 44.4 Å². The zero-order valence-corrected chi connectivity index (χ0v) is 11.7. The summed E-state index contributed by atoms with van der Waals surface area (Å²) in [6.45, 7) is 2.25. The van der Waals surface area contributed by atoms with Gasteiger partial charge in [0, 0.05) is 4.70 Å². The minimum Gasteiger partial charge on any atom is -0.388 e. The highest BCUT2D eigenvalue weighted by Crippen LogP contribution is 2.47. The van der Waals surface area contributed by atoms with E-state index >= 15 is 0 Å². The lowest BCUT2D eigenvalue weighted by Crippen LogP contribution is -2.28. The van der Waals surface area contributed by atoms with Gasteiger partial charge < -0.3 is 5.11 Å². The highest BCUT2D eigenvalue weighted by atomic mass is 32.1. The molecule has 0 aliphatic heterocycles. The second-order valence-electron chi connectivity index (χ2n) is 5.80. The first-order chi connectivity index (χ1) is 8.71. The SMILES string of the molecule is CC1(C(O)c2cccc3ccsc23)CCCCC1. The van der Waals surface area contributed by atoms with Gasteiger partial charge in [0.15, 0.2) is 0 Å². The van der Waals surface area contributed by atoms with Crippen molar-refractivity contribution in [2.24, 2.45) is 5.41 Å². The fraction of sp³-hybridized carbons (Fsp3) is 0.500. The van der Waals surface area contributed by atoms with Crippen molar-refractivity contribution >= 4 is 21.4 Å². The molecule has 0 bridgehead atoms. The van der Waals surface area contributed by atoms with Crippen molar-refractivity contribution in [3.8, 4) is 0 Å². The third-order valence-corrected chi connectivity index (χ3v) is 5.44. The van der Waals surface area contributed by atoms with Gasteiger partial charge in [-0.05, 0) is 40.7 Å². The van der Waals surface area contributed by atoms with Gasteiger partial charge in [0.05, 0.1) is 6.10 Å². The number of hydrogen-bond acceptors (Lipinski definition) is 2. The maximum absolute atomic E-state index is 10.8. The lowest BCUT2D eigenvalue weighted by Gasteiger charge is -2.38. The Morgan fingerprint density at radius 2 is 1.94 bits per heavy atom. The van der Waals surface area contributed by atoms with Crippen LogP contribution in [0.3, 0.4) is 0 Å². The van der Waals surface area contributed by atoms with Gasteiger partial charge >= 0.3 is 0 Å². The van der Waals surface area contributed by atoms with E-state index in [-0.39, 0.29) is 11.5 Å². The van der Waals surface area contributed by atoms with E-state index in [1.54, 1.807) is 11.3 Å². The summed E-state index contributed by atoms with van der Waals surface area (Å²) in [4.78, 5) is 0. The first-order valence-corrected chi connectivity index (χ1v) is 7.73. The molecule has 1 atom stereocenters. The van der Waals surface area contributed by atoms with Crippen LogP contribution in [0.5, 0.6) is 0 Å². The van der Waals surface area contributed by atoms with Crippen molar-refractivity contribution in [1.82, 2.24) is 0 Å². The Kier molecular flexibility index (Phi) is 3.16. The van der Waals surface area contributed by atoms with Gasteiger partial charge in [-0.25, -0.2) is 0 Å². The number of rotatable bonds is 2. The van der Waals surface area contributed by atoms with Crippen LogP contribution in [0.15, 0.2) is 29.6 Å². The molecule has 0 spiro atoms. The summed E-state index contributed by atoms with van der Waals surface area (Å²) < 4.78 is 1.26. The molecule has 3 rings (SSSR count). The molecule has 1 saturated carbocycles. The van der Waals surface area contributed by atoms with Crippen molar-refractivity contribution in [3.05, 3.63) is 35.2 Å². The number of hydrogen-bond donors (Lipinski definition) is 1. The van der Waals surface area contributed by atoms with E-state index in [0.717, 1.165) is 18.4 Å². The van der Waals surface area contributed by atoms with Crippen molar-refractivity contribution in [2.45, 2.75) is 45.1 Å². The first kappa shape index (κ1) is 12.2. The molecule has 2 heteroatoms. The molecule has 0 radical (unpaired) electrons. The Labute approximate surface area is 112 Å². The number of aliphatic hydroxyl groups is 1. The Morgan fingerprint density at radius 1 is 1.17 bits per heavy atom. The maximum Gasteiger partial charge on any atom is 0.0857 e. The van der Waals surface area contributed by atoms with E-state index in [4.69, 9.17) is 0 Å². The number of aliphatic hydroxyl groups excluding tert-OH is 1. The van der Waals surface area contributed by atoms with Crippen molar-refractivity contribution in [3.63, 3.8) is 0 Å². The second kappa shape index (κ2) is 4.67. The summed E-state index contributed by atoms with van der Waals surface area (Å²) >= 11 is 1.74. The predicted molar refractivity (Wildman–Crippen MR) is 78.0 cm³/mol. The van der Waals surface area contributed by atoms with Gasteiger partial charge in [-0.3, -0.25) is 0 Å². The number of thiophene rings is 1. The van der Waals surface area contributed by atoms with Crippen molar-refractivity contribution in [2.75, 3.05) is 0 Å². The van der Waals surface area contributed by atoms with Crippen LogP contribution in [0.25, 0.3) is 10.1 Å². The zero-order chi connectivity index (χ0) is 12.6. The van der Waals surface area contributed by atoms with Gasteiger partial charge in [0.25, 0.3) is 0 Å². The molecule has 2 aromatic rings. The third-order valence-electron chi connectivity index (χ3n) is 4.46. The smallest absolute Gasteiger partial charge is 0.0857 e. The maximum atomic E-state index is 10.8. The summed E-state index contributed by atoms with van der Waals surface area (Å²) in [7, 11) is 0. The zero-order valence-electron chi connectivity index (χ0n) is 10.9. The molecular formula is C16H20OS. The van der Waals surface area contributed by atoms with Gasteiger partial charge in [-0.2, -0.15) is 0 Å².